The molecule has 0 saturated heterocycles. The van der Waals surface area contributed by atoms with Crippen molar-refractivity contribution in [1.82, 2.24) is 5.32 Å². The molecule has 0 fully saturated rings. The number of fused-ring (bicyclic) bond motifs is 1. The molecule has 1 atom stereocenters. The summed E-state index contributed by atoms with van der Waals surface area (Å²) < 4.78 is 11.7. The number of carbonyl (C=O) groups excluding carboxylic acids is 1. The zero-order valence-electron chi connectivity index (χ0n) is 13.2. The minimum atomic E-state index is -0.0122. The Morgan fingerprint density at radius 3 is 2.74 bits per heavy atom. The SMILES string of the molecule is CC(=O)NCc1cccc(CC[C@@H]2COc3ccccc3O2)c1. The van der Waals surface area contributed by atoms with Gasteiger partial charge in [-0.15, -0.1) is 0 Å². The van der Waals surface area contributed by atoms with Gasteiger partial charge in [-0.3, -0.25) is 4.79 Å². The summed E-state index contributed by atoms with van der Waals surface area (Å²) >= 11 is 0. The van der Waals surface area contributed by atoms with Gasteiger partial charge in [-0.05, 0) is 36.1 Å². The number of rotatable bonds is 5. The number of hydrogen-bond donors (Lipinski definition) is 1. The van der Waals surface area contributed by atoms with E-state index in [1.165, 1.54) is 12.5 Å². The Morgan fingerprint density at radius 2 is 1.91 bits per heavy atom. The molecule has 23 heavy (non-hydrogen) atoms. The number of amides is 1. The smallest absolute Gasteiger partial charge is 0.217 e. The highest BCUT2D eigenvalue weighted by Crippen LogP contribution is 2.31. The second-order valence-electron chi connectivity index (χ2n) is 5.77. The highest BCUT2D eigenvalue weighted by molar-refractivity contribution is 5.72. The molecule has 1 aliphatic rings. The van der Waals surface area contributed by atoms with Gasteiger partial charge < -0.3 is 14.8 Å². The zero-order valence-corrected chi connectivity index (χ0v) is 13.2. The monoisotopic (exact) mass is 311 g/mol. The lowest BCUT2D eigenvalue weighted by Crippen LogP contribution is -2.29. The fourth-order valence-electron chi connectivity index (χ4n) is 2.65. The first-order valence-electron chi connectivity index (χ1n) is 7.91. The van der Waals surface area contributed by atoms with Crippen molar-refractivity contribution in [2.75, 3.05) is 6.61 Å². The minimum absolute atomic E-state index is 0.0122. The third kappa shape index (κ3) is 4.25. The van der Waals surface area contributed by atoms with Gasteiger partial charge in [0.2, 0.25) is 5.91 Å². The molecule has 2 aromatic rings. The molecule has 0 aromatic heterocycles. The second-order valence-corrected chi connectivity index (χ2v) is 5.77. The van der Waals surface area contributed by atoms with Crippen molar-refractivity contribution < 1.29 is 14.3 Å². The van der Waals surface area contributed by atoms with Gasteiger partial charge in [-0.2, -0.15) is 0 Å². The van der Waals surface area contributed by atoms with E-state index < -0.39 is 0 Å². The standard InChI is InChI=1S/C19H21NO3/c1-14(21)20-12-16-6-4-5-15(11-16)9-10-17-13-22-18-7-2-3-8-19(18)23-17/h2-8,11,17H,9-10,12-13H2,1H3,(H,20,21)/t17-/m1/s1. The quantitative estimate of drug-likeness (QED) is 0.923. The molecule has 0 bridgehead atoms. The molecule has 0 radical (unpaired) electrons. The normalized spacial score (nSPS) is 16.0. The molecule has 0 aliphatic carbocycles. The molecule has 0 unspecified atom stereocenters. The fraction of sp³-hybridized carbons (Fsp3) is 0.316. The van der Waals surface area contributed by atoms with Crippen LogP contribution in [0, 0.1) is 0 Å². The van der Waals surface area contributed by atoms with Crippen LogP contribution >= 0.6 is 0 Å². The third-order valence-electron chi connectivity index (χ3n) is 3.86. The van der Waals surface area contributed by atoms with Gasteiger partial charge >= 0.3 is 0 Å². The van der Waals surface area contributed by atoms with E-state index in [0.29, 0.717) is 13.2 Å². The lowest BCUT2D eigenvalue weighted by Gasteiger charge is -2.26. The lowest BCUT2D eigenvalue weighted by atomic mass is 10.0. The molecule has 1 amide bonds. The van der Waals surface area contributed by atoms with Crippen LogP contribution in [0.2, 0.25) is 0 Å². The highest BCUT2D eigenvalue weighted by Gasteiger charge is 2.20. The molecule has 4 nitrogen and oxygen atoms in total. The molecule has 0 spiro atoms. The zero-order chi connectivity index (χ0) is 16.1. The Labute approximate surface area is 136 Å². The summed E-state index contributed by atoms with van der Waals surface area (Å²) in [6, 6.07) is 16.1. The summed E-state index contributed by atoms with van der Waals surface area (Å²) in [6.07, 6.45) is 1.89. The van der Waals surface area contributed by atoms with Gasteiger partial charge in [0, 0.05) is 13.5 Å². The fourth-order valence-corrected chi connectivity index (χ4v) is 2.65. The molecular formula is C19H21NO3. The van der Waals surface area contributed by atoms with Crippen molar-refractivity contribution in [3.8, 4) is 11.5 Å². The summed E-state index contributed by atoms with van der Waals surface area (Å²) in [5.41, 5.74) is 2.36. The Morgan fingerprint density at radius 1 is 1.13 bits per heavy atom. The van der Waals surface area contributed by atoms with Crippen LogP contribution in [0.3, 0.4) is 0 Å². The Hall–Kier alpha value is -2.49. The van der Waals surface area contributed by atoms with E-state index in [4.69, 9.17) is 9.47 Å². The van der Waals surface area contributed by atoms with E-state index in [9.17, 15) is 4.79 Å². The van der Waals surface area contributed by atoms with Crippen molar-refractivity contribution >= 4 is 5.91 Å². The number of carbonyl (C=O) groups is 1. The van der Waals surface area contributed by atoms with Gasteiger partial charge in [0.1, 0.15) is 12.7 Å². The third-order valence-corrected chi connectivity index (χ3v) is 3.86. The molecule has 3 rings (SSSR count). The van der Waals surface area contributed by atoms with E-state index in [0.717, 1.165) is 29.9 Å². The van der Waals surface area contributed by atoms with Crippen LogP contribution in [0.25, 0.3) is 0 Å². The minimum Gasteiger partial charge on any atom is -0.486 e. The highest BCUT2D eigenvalue weighted by atomic mass is 16.6. The summed E-state index contributed by atoms with van der Waals surface area (Å²) in [5.74, 6) is 1.63. The van der Waals surface area contributed by atoms with E-state index in [-0.39, 0.29) is 12.0 Å². The second kappa shape index (κ2) is 7.18. The van der Waals surface area contributed by atoms with Crippen LogP contribution in [0.1, 0.15) is 24.5 Å². The maximum absolute atomic E-state index is 11.0. The van der Waals surface area contributed by atoms with Crippen LogP contribution in [-0.2, 0) is 17.8 Å². The largest absolute Gasteiger partial charge is 0.486 e. The predicted octanol–water partition coefficient (Wildman–Crippen LogP) is 3.10. The van der Waals surface area contributed by atoms with Gasteiger partial charge in [0.15, 0.2) is 11.5 Å². The predicted molar refractivity (Wildman–Crippen MR) is 88.6 cm³/mol. The average molecular weight is 311 g/mol. The van der Waals surface area contributed by atoms with Crippen LogP contribution in [-0.4, -0.2) is 18.6 Å². The van der Waals surface area contributed by atoms with Crippen molar-refractivity contribution in [1.29, 1.82) is 0 Å². The molecule has 1 N–H and O–H groups in total. The summed E-state index contributed by atoms with van der Waals surface area (Å²) in [7, 11) is 0. The van der Waals surface area contributed by atoms with Gasteiger partial charge in [-0.25, -0.2) is 0 Å². The maximum Gasteiger partial charge on any atom is 0.217 e. The van der Waals surface area contributed by atoms with E-state index in [1.807, 2.05) is 36.4 Å². The summed E-state index contributed by atoms with van der Waals surface area (Å²) in [5, 5.41) is 2.82. The number of nitrogens with one attached hydrogen (secondary N) is 1. The van der Waals surface area contributed by atoms with Crippen molar-refractivity contribution in [3.63, 3.8) is 0 Å². The van der Waals surface area contributed by atoms with Crippen LogP contribution in [0.15, 0.2) is 48.5 Å². The number of hydrogen-bond acceptors (Lipinski definition) is 3. The first-order chi connectivity index (χ1) is 11.2. The van der Waals surface area contributed by atoms with Gasteiger partial charge in [0.05, 0.1) is 0 Å². The number of ether oxygens (including phenoxy) is 2. The van der Waals surface area contributed by atoms with Crippen LogP contribution < -0.4 is 14.8 Å². The van der Waals surface area contributed by atoms with E-state index >= 15 is 0 Å². The van der Waals surface area contributed by atoms with E-state index in [2.05, 4.69) is 17.4 Å². The molecule has 1 heterocycles. The lowest BCUT2D eigenvalue weighted by molar-refractivity contribution is -0.119. The molecule has 4 heteroatoms. The molecular weight excluding hydrogens is 290 g/mol. The van der Waals surface area contributed by atoms with Gasteiger partial charge in [0.25, 0.3) is 0 Å². The number of aryl methyl sites for hydroxylation is 1. The van der Waals surface area contributed by atoms with Crippen molar-refractivity contribution in [3.05, 3.63) is 59.7 Å². The molecule has 1 aliphatic heterocycles. The summed E-state index contributed by atoms with van der Waals surface area (Å²) in [4.78, 5) is 11.0. The summed E-state index contributed by atoms with van der Waals surface area (Å²) in [6.45, 7) is 2.68. The number of benzene rings is 2. The van der Waals surface area contributed by atoms with Gasteiger partial charge in [-0.1, -0.05) is 36.4 Å². The topological polar surface area (TPSA) is 47.6 Å². The first kappa shape index (κ1) is 15.4. The van der Waals surface area contributed by atoms with E-state index in [1.54, 1.807) is 0 Å². The molecule has 0 saturated carbocycles. The average Bonchev–Trinajstić information content (AvgIpc) is 2.58. The van der Waals surface area contributed by atoms with Crippen LogP contribution in [0.5, 0.6) is 11.5 Å². The Bertz CT molecular complexity index is 684. The molecule has 2 aromatic carbocycles. The molecule has 120 valence electrons. The maximum atomic E-state index is 11.0. The number of para-hydroxylation sites is 2. The van der Waals surface area contributed by atoms with Crippen LogP contribution in [0.4, 0.5) is 0 Å². The Kier molecular flexibility index (Phi) is 4.81. The first-order valence-corrected chi connectivity index (χ1v) is 7.91. The van der Waals surface area contributed by atoms with Crippen molar-refractivity contribution in [2.24, 2.45) is 0 Å². The Balaban J connectivity index is 1.55. The van der Waals surface area contributed by atoms with Crippen molar-refractivity contribution in [2.45, 2.75) is 32.4 Å².